The summed E-state index contributed by atoms with van der Waals surface area (Å²) in [5.74, 6) is -2.60. The summed E-state index contributed by atoms with van der Waals surface area (Å²) in [5.41, 5.74) is 1.17. The van der Waals surface area contributed by atoms with E-state index in [9.17, 15) is 17.2 Å². The molecule has 0 heterocycles. The third-order valence-electron chi connectivity index (χ3n) is 2.81. The van der Waals surface area contributed by atoms with Gasteiger partial charge in [-0.25, -0.2) is 17.2 Å². The molecule has 2 aromatic rings. The van der Waals surface area contributed by atoms with Gasteiger partial charge < -0.3 is 5.11 Å². The van der Waals surface area contributed by atoms with Crippen LogP contribution in [0.3, 0.4) is 0 Å². The highest BCUT2D eigenvalue weighted by Crippen LogP contribution is 2.19. The lowest BCUT2D eigenvalue weighted by Crippen LogP contribution is -2.06. The number of hydrogen-bond donors (Lipinski definition) is 1. The molecule has 6 heteroatoms. The molecule has 20 heavy (non-hydrogen) atoms. The molecule has 106 valence electrons. The summed E-state index contributed by atoms with van der Waals surface area (Å²) in [4.78, 5) is -0.261. The lowest BCUT2D eigenvalue weighted by molar-refractivity contribution is 0.282. The Kier molecular flexibility index (Phi) is 4.15. The fourth-order valence-electron chi connectivity index (χ4n) is 1.71. The minimum atomic E-state index is -3.74. The Balaban J connectivity index is 2.27. The van der Waals surface area contributed by atoms with Gasteiger partial charge >= 0.3 is 0 Å². The van der Waals surface area contributed by atoms with E-state index in [4.69, 9.17) is 5.11 Å². The largest absolute Gasteiger partial charge is 0.392 e. The molecule has 0 radical (unpaired) electrons. The van der Waals surface area contributed by atoms with E-state index in [0.29, 0.717) is 17.2 Å². The van der Waals surface area contributed by atoms with Crippen molar-refractivity contribution in [1.29, 1.82) is 0 Å². The van der Waals surface area contributed by atoms with Crippen molar-refractivity contribution >= 4 is 9.84 Å². The van der Waals surface area contributed by atoms with Crippen molar-refractivity contribution in [3.8, 4) is 0 Å². The van der Waals surface area contributed by atoms with Crippen LogP contribution in [0.1, 0.15) is 11.1 Å². The first kappa shape index (κ1) is 14.6. The van der Waals surface area contributed by atoms with Crippen LogP contribution in [-0.4, -0.2) is 13.5 Å². The first-order valence-corrected chi connectivity index (χ1v) is 7.44. The maximum Gasteiger partial charge on any atom is 0.182 e. The van der Waals surface area contributed by atoms with E-state index >= 15 is 0 Å². The van der Waals surface area contributed by atoms with Gasteiger partial charge in [0, 0.05) is 0 Å². The second-order valence-corrected chi connectivity index (χ2v) is 6.30. The van der Waals surface area contributed by atoms with Gasteiger partial charge in [-0.05, 0) is 29.3 Å². The van der Waals surface area contributed by atoms with Crippen molar-refractivity contribution in [3.63, 3.8) is 0 Å². The van der Waals surface area contributed by atoms with Gasteiger partial charge in [0.1, 0.15) is 0 Å². The third kappa shape index (κ3) is 3.20. The van der Waals surface area contributed by atoms with Crippen LogP contribution in [0.15, 0.2) is 47.4 Å². The molecule has 0 saturated carbocycles. The molecule has 0 bridgehead atoms. The van der Waals surface area contributed by atoms with Crippen molar-refractivity contribution in [1.82, 2.24) is 0 Å². The number of hydrogen-bond acceptors (Lipinski definition) is 3. The van der Waals surface area contributed by atoms with Crippen molar-refractivity contribution in [2.24, 2.45) is 0 Å². The minimum absolute atomic E-state index is 0.129. The van der Waals surface area contributed by atoms with Gasteiger partial charge in [0.05, 0.1) is 17.3 Å². The van der Waals surface area contributed by atoms with Crippen LogP contribution < -0.4 is 0 Å². The highest BCUT2D eigenvalue weighted by molar-refractivity contribution is 7.90. The van der Waals surface area contributed by atoms with E-state index < -0.39 is 21.5 Å². The lowest BCUT2D eigenvalue weighted by atomic mass is 10.2. The molecule has 0 aliphatic rings. The second kappa shape index (κ2) is 5.68. The van der Waals surface area contributed by atoms with E-state index in [1.54, 1.807) is 24.3 Å². The standard InChI is InChI=1S/C14H12F2O3S/c15-13-6-5-12(7-14(13)16)20(18,19)9-11-3-1-10(8-17)2-4-11/h1-7,17H,8-9H2. The quantitative estimate of drug-likeness (QED) is 0.882. The van der Waals surface area contributed by atoms with Crippen LogP contribution in [0.4, 0.5) is 8.78 Å². The Morgan fingerprint density at radius 2 is 1.50 bits per heavy atom. The maximum atomic E-state index is 13.1. The molecule has 0 atom stereocenters. The topological polar surface area (TPSA) is 54.4 Å². The van der Waals surface area contributed by atoms with Crippen molar-refractivity contribution in [3.05, 3.63) is 65.2 Å². The zero-order chi connectivity index (χ0) is 14.8. The van der Waals surface area contributed by atoms with E-state index in [-0.39, 0.29) is 17.3 Å². The van der Waals surface area contributed by atoms with Crippen LogP contribution in [0.25, 0.3) is 0 Å². The number of halogens is 2. The zero-order valence-electron chi connectivity index (χ0n) is 10.4. The van der Waals surface area contributed by atoms with Crippen molar-refractivity contribution < 1.29 is 22.3 Å². The summed E-state index contributed by atoms with van der Waals surface area (Å²) in [6.07, 6.45) is 0. The molecular weight excluding hydrogens is 286 g/mol. The Morgan fingerprint density at radius 1 is 0.900 bits per heavy atom. The summed E-state index contributed by atoms with van der Waals surface area (Å²) in [5, 5.41) is 8.90. The fraction of sp³-hybridized carbons (Fsp3) is 0.143. The monoisotopic (exact) mass is 298 g/mol. The third-order valence-corrected chi connectivity index (χ3v) is 4.50. The van der Waals surface area contributed by atoms with Gasteiger partial charge in [0.2, 0.25) is 0 Å². The van der Waals surface area contributed by atoms with Crippen LogP contribution in [0.5, 0.6) is 0 Å². The molecule has 0 fully saturated rings. The smallest absolute Gasteiger partial charge is 0.182 e. The molecule has 0 aliphatic heterocycles. The van der Waals surface area contributed by atoms with E-state index in [1.807, 2.05) is 0 Å². The van der Waals surface area contributed by atoms with Gasteiger partial charge in [-0.1, -0.05) is 24.3 Å². The Hall–Kier alpha value is -1.79. The number of rotatable bonds is 4. The van der Waals surface area contributed by atoms with Gasteiger partial charge in [-0.3, -0.25) is 0 Å². The number of sulfone groups is 1. The van der Waals surface area contributed by atoms with E-state index in [0.717, 1.165) is 12.1 Å². The first-order valence-electron chi connectivity index (χ1n) is 5.79. The predicted octanol–water partition coefficient (Wildman–Crippen LogP) is 2.43. The molecule has 2 aromatic carbocycles. The number of benzene rings is 2. The summed E-state index contributed by atoms with van der Waals surface area (Å²) < 4.78 is 50.0. The molecule has 0 amide bonds. The summed E-state index contributed by atoms with van der Waals surface area (Å²) in [7, 11) is -3.74. The number of aliphatic hydroxyl groups is 1. The molecule has 1 N–H and O–H groups in total. The fourth-order valence-corrected chi connectivity index (χ4v) is 3.07. The summed E-state index contributed by atoms with van der Waals surface area (Å²) in [6, 6.07) is 8.86. The van der Waals surface area contributed by atoms with E-state index in [2.05, 4.69) is 0 Å². The Bertz CT molecular complexity index is 710. The molecule has 3 nitrogen and oxygen atoms in total. The van der Waals surface area contributed by atoms with Crippen LogP contribution >= 0.6 is 0 Å². The molecule has 0 unspecified atom stereocenters. The van der Waals surface area contributed by atoms with Crippen molar-refractivity contribution in [2.75, 3.05) is 0 Å². The first-order chi connectivity index (χ1) is 9.42. The summed E-state index contributed by atoms with van der Waals surface area (Å²) >= 11 is 0. The van der Waals surface area contributed by atoms with Gasteiger partial charge in [0.25, 0.3) is 0 Å². The minimum Gasteiger partial charge on any atom is -0.392 e. The average Bonchev–Trinajstić information content (AvgIpc) is 2.42. The lowest BCUT2D eigenvalue weighted by Gasteiger charge is -2.06. The zero-order valence-corrected chi connectivity index (χ0v) is 11.2. The summed E-state index contributed by atoms with van der Waals surface area (Å²) in [6.45, 7) is -0.129. The highest BCUT2D eigenvalue weighted by atomic mass is 32.2. The van der Waals surface area contributed by atoms with Gasteiger partial charge in [0.15, 0.2) is 21.5 Å². The Morgan fingerprint density at radius 3 is 2.05 bits per heavy atom. The molecule has 2 rings (SSSR count). The highest BCUT2D eigenvalue weighted by Gasteiger charge is 2.17. The second-order valence-electron chi connectivity index (χ2n) is 4.31. The molecular formula is C14H12F2O3S. The molecule has 0 saturated heterocycles. The SMILES string of the molecule is O=S(=O)(Cc1ccc(CO)cc1)c1ccc(F)c(F)c1. The van der Waals surface area contributed by atoms with Crippen LogP contribution in [0, 0.1) is 11.6 Å². The van der Waals surface area contributed by atoms with Gasteiger partial charge in [-0.15, -0.1) is 0 Å². The predicted molar refractivity (Wildman–Crippen MR) is 69.6 cm³/mol. The number of aliphatic hydroxyl groups excluding tert-OH is 1. The van der Waals surface area contributed by atoms with Gasteiger partial charge in [-0.2, -0.15) is 0 Å². The molecule has 0 aliphatic carbocycles. The maximum absolute atomic E-state index is 13.1. The Labute approximate surface area is 115 Å². The van der Waals surface area contributed by atoms with E-state index in [1.165, 1.54) is 0 Å². The van der Waals surface area contributed by atoms with Crippen LogP contribution in [-0.2, 0) is 22.2 Å². The molecule has 0 spiro atoms. The van der Waals surface area contributed by atoms with Crippen molar-refractivity contribution in [2.45, 2.75) is 17.3 Å². The molecule has 0 aromatic heterocycles. The normalized spacial score (nSPS) is 11.6. The average molecular weight is 298 g/mol. The van der Waals surface area contributed by atoms with Crippen LogP contribution in [0.2, 0.25) is 0 Å².